The van der Waals surface area contributed by atoms with Crippen LogP contribution in [0.2, 0.25) is 0 Å². The van der Waals surface area contributed by atoms with Gasteiger partial charge in [-0.2, -0.15) is 0 Å². The number of halogens is 1. The lowest BCUT2D eigenvalue weighted by molar-refractivity contribution is 0.0755. The Hall–Kier alpha value is -3.57. The molecule has 0 unspecified atom stereocenters. The lowest BCUT2D eigenvalue weighted by atomic mass is 10.2. The first-order valence-electron chi connectivity index (χ1n) is 8.52. The Labute approximate surface area is 168 Å². The number of furan rings is 1. The maximum Gasteiger partial charge on any atom is 0.261 e. The Bertz CT molecular complexity index is 1130. The molecule has 0 radical (unpaired) electrons. The van der Waals surface area contributed by atoms with E-state index in [4.69, 9.17) is 10.8 Å². The molecule has 0 spiro atoms. The second-order valence-corrected chi connectivity index (χ2v) is 7.77. The summed E-state index contributed by atoms with van der Waals surface area (Å²) in [4.78, 5) is 14.1. The summed E-state index contributed by atoms with van der Waals surface area (Å²) >= 11 is 0. The predicted octanol–water partition coefficient (Wildman–Crippen LogP) is 3.50. The number of amides is 1. The molecule has 1 amide bonds. The summed E-state index contributed by atoms with van der Waals surface area (Å²) in [5, 5.41) is 0. The molecule has 0 atom stereocenters. The average molecular weight is 412 g/mol. The van der Waals surface area contributed by atoms with Crippen molar-refractivity contribution in [1.29, 1.82) is 0 Å². The first kappa shape index (κ1) is 20.2. The van der Waals surface area contributed by atoms with E-state index >= 15 is 0 Å². The monoisotopic (exact) mass is 412 g/mol. The van der Waals surface area contributed by atoms with Gasteiger partial charge in [0.2, 0.25) is 0 Å². The number of sulfonamides is 1. The third-order valence-corrected chi connectivity index (χ3v) is 5.36. The van der Waals surface area contributed by atoms with Crippen LogP contribution in [0.15, 0.2) is 76.2 Å². The molecule has 0 aliphatic carbocycles. The quantitative estimate of drug-likeness (QED) is 0.603. The van der Waals surface area contributed by atoms with Crippen LogP contribution in [0, 0.1) is 18.2 Å². The maximum absolute atomic E-state index is 13.0. The van der Waals surface area contributed by atoms with Crippen LogP contribution in [0.25, 0.3) is 0 Å². The molecular formula is C21H17FN2O4S. The predicted molar refractivity (Wildman–Crippen MR) is 106 cm³/mol. The van der Waals surface area contributed by atoms with E-state index in [1.54, 1.807) is 12.1 Å². The molecule has 29 heavy (non-hydrogen) atoms. The van der Waals surface area contributed by atoms with Gasteiger partial charge in [-0.1, -0.05) is 12.0 Å². The van der Waals surface area contributed by atoms with E-state index in [2.05, 4.69) is 10.6 Å². The molecule has 3 aromatic rings. The number of nitrogens with zero attached hydrogens (tertiary/aromatic N) is 1. The largest absolute Gasteiger partial charge is 0.467 e. The number of hydrogen-bond donors (Lipinski definition) is 1. The molecule has 0 fully saturated rings. The molecule has 1 N–H and O–H groups in total. The highest BCUT2D eigenvalue weighted by molar-refractivity contribution is 7.92. The van der Waals surface area contributed by atoms with Gasteiger partial charge in [0.05, 0.1) is 24.2 Å². The number of nitrogens with one attached hydrogen (secondary N) is 1. The summed E-state index contributed by atoms with van der Waals surface area (Å²) in [5.74, 6) is 2.05. The van der Waals surface area contributed by atoms with E-state index in [0.29, 0.717) is 5.76 Å². The van der Waals surface area contributed by atoms with Crippen LogP contribution in [0.1, 0.15) is 16.1 Å². The molecule has 0 aliphatic rings. The van der Waals surface area contributed by atoms with Crippen molar-refractivity contribution in [3.8, 4) is 12.3 Å². The second-order valence-electron chi connectivity index (χ2n) is 6.08. The van der Waals surface area contributed by atoms with E-state index in [9.17, 15) is 17.6 Å². The van der Waals surface area contributed by atoms with Gasteiger partial charge in [0.1, 0.15) is 11.6 Å². The van der Waals surface area contributed by atoms with Crippen LogP contribution >= 0.6 is 0 Å². The molecule has 148 valence electrons. The second kappa shape index (κ2) is 8.63. The normalized spacial score (nSPS) is 10.9. The van der Waals surface area contributed by atoms with Gasteiger partial charge in [0.25, 0.3) is 15.9 Å². The summed E-state index contributed by atoms with van der Waals surface area (Å²) in [6.45, 7) is 0.186. The highest BCUT2D eigenvalue weighted by atomic mass is 32.2. The number of carbonyl (C=O) groups excluding carboxylic acids is 1. The highest BCUT2D eigenvalue weighted by Gasteiger charge is 2.20. The zero-order valence-corrected chi connectivity index (χ0v) is 16.0. The van der Waals surface area contributed by atoms with E-state index in [1.807, 2.05) is 0 Å². The number of carbonyl (C=O) groups is 1. The summed E-state index contributed by atoms with van der Waals surface area (Å²) in [5.41, 5.74) is 0.365. The van der Waals surface area contributed by atoms with Gasteiger partial charge in [0, 0.05) is 11.3 Å². The molecule has 2 aromatic carbocycles. The van der Waals surface area contributed by atoms with Gasteiger partial charge in [-0.05, 0) is 54.6 Å². The summed E-state index contributed by atoms with van der Waals surface area (Å²) in [6.07, 6.45) is 6.85. The van der Waals surface area contributed by atoms with Crippen LogP contribution in [0.5, 0.6) is 0 Å². The smallest absolute Gasteiger partial charge is 0.261 e. The van der Waals surface area contributed by atoms with Crippen LogP contribution in [0.4, 0.5) is 10.1 Å². The molecular weight excluding hydrogens is 395 g/mol. The van der Waals surface area contributed by atoms with Crippen LogP contribution in [-0.2, 0) is 16.6 Å². The first-order valence-corrected chi connectivity index (χ1v) is 10.0. The molecule has 0 saturated heterocycles. The number of benzene rings is 2. The average Bonchev–Trinajstić information content (AvgIpc) is 3.22. The topological polar surface area (TPSA) is 79.6 Å². The molecule has 1 aromatic heterocycles. The third kappa shape index (κ3) is 5.03. The Balaban J connectivity index is 1.84. The maximum atomic E-state index is 13.0. The molecule has 8 heteroatoms. The van der Waals surface area contributed by atoms with E-state index in [1.165, 1.54) is 47.6 Å². The fourth-order valence-corrected chi connectivity index (χ4v) is 3.72. The van der Waals surface area contributed by atoms with Crippen molar-refractivity contribution in [2.24, 2.45) is 0 Å². The van der Waals surface area contributed by atoms with Gasteiger partial charge >= 0.3 is 0 Å². The minimum Gasteiger partial charge on any atom is -0.467 e. The standard InChI is InChI=1S/C21H17FN2O4S/c1-2-12-24(15-19-6-4-13-28-19)21(25)16-5-3-7-20(14-16)29(26,27)23-18-10-8-17(22)9-11-18/h1,3-11,13-14,23H,12,15H2. The molecule has 6 nitrogen and oxygen atoms in total. The number of rotatable bonds is 7. The van der Waals surface area contributed by atoms with E-state index in [-0.39, 0.29) is 29.2 Å². The summed E-state index contributed by atoms with van der Waals surface area (Å²) in [7, 11) is -3.97. The van der Waals surface area contributed by atoms with E-state index < -0.39 is 21.7 Å². The van der Waals surface area contributed by atoms with Crippen molar-refractivity contribution >= 4 is 21.6 Å². The zero-order valence-electron chi connectivity index (χ0n) is 15.2. The fourth-order valence-electron chi connectivity index (χ4n) is 2.61. The Morgan fingerprint density at radius 3 is 2.55 bits per heavy atom. The number of hydrogen-bond acceptors (Lipinski definition) is 4. The van der Waals surface area contributed by atoms with Crippen molar-refractivity contribution in [2.45, 2.75) is 11.4 Å². The van der Waals surface area contributed by atoms with Crippen molar-refractivity contribution in [3.63, 3.8) is 0 Å². The Morgan fingerprint density at radius 2 is 1.90 bits per heavy atom. The van der Waals surface area contributed by atoms with Crippen LogP contribution in [-0.4, -0.2) is 25.8 Å². The molecule has 0 bridgehead atoms. The molecule has 0 saturated carbocycles. The number of terminal acetylenes is 1. The summed E-state index contributed by atoms with van der Waals surface area (Å²) in [6, 6.07) is 13.9. The molecule has 3 rings (SSSR count). The van der Waals surface area contributed by atoms with Gasteiger partial charge < -0.3 is 9.32 Å². The van der Waals surface area contributed by atoms with Gasteiger partial charge in [-0.15, -0.1) is 6.42 Å². The minimum absolute atomic E-state index is 0.0321. The molecule has 1 heterocycles. The van der Waals surface area contributed by atoms with Gasteiger partial charge in [-0.25, -0.2) is 12.8 Å². The summed E-state index contributed by atoms with van der Waals surface area (Å²) < 4.78 is 45.9. The Kier molecular flexibility index (Phi) is 6.00. The van der Waals surface area contributed by atoms with Crippen molar-refractivity contribution in [2.75, 3.05) is 11.3 Å². The van der Waals surface area contributed by atoms with Crippen molar-refractivity contribution < 1.29 is 22.0 Å². The SMILES string of the molecule is C#CCN(Cc1ccco1)C(=O)c1cccc(S(=O)(=O)Nc2ccc(F)cc2)c1. The Morgan fingerprint density at radius 1 is 1.14 bits per heavy atom. The van der Waals surface area contributed by atoms with Crippen LogP contribution < -0.4 is 4.72 Å². The first-order chi connectivity index (χ1) is 13.9. The number of anilines is 1. The lowest BCUT2D eigenvalue weighted by Gasteiger charge is -2.19. The van der Waals surface area contributed by atoms with E-state index in [0.717, 1.165) is 12.1 Å². The highest BCUT2D eigenvalue weighted by Crippen LogP contribution is 2.19. The van der Waals surface area contributed by atoms with Gasteiger partial charge in [-0.3, -0.25) is 9.52 Å². The lowest BCUT2D eigenvalue weighted by Crippen LogP contribution is -2.31. The van der Waals surface area contributed by atoms with Gasteiger partial charge in [0.15, 0.2) is 0 Å². The minimum atomic E-state index is -3.97. The zero-order chi connectivity index (χ0) is 20.9. The fraction of sp³-hybridized carbons (Fsp3) is 0.0952. The molecule has 0 aliphatic heterocycles. The third-order valence-electron chi connectivity index (χ3n) is 3.98. The van der Waals surface area contributed by atoms with Crippen molar-refractivity contribution in [1.82, 2.24) is 4.90 Å². The van der Waals surface area contributed by atoms with Crippen molar-refractivity contribution in [3.05, 3.63) is 84.1 Å². The van der Waals surface area contributed by atoms with Crippen LogP contribution in [0.3, 0.4) is 0 Å².